The molecule has 0 bridgehead atoms. The Morgan fingerprint density at radius 3 is 2.42 bits per heavy atom. The number of benzene rings is 2. The zero-order valence-electron chi connectivity index (χ0n) is 10.7. The van der Waals surface area contributed by atoms with E-state index < -0.39 is 0 Å². The monoisotopic (exact) mass is 278 g/mol. The van der Waals surface area contributed by atoms with Gasteiger partial charge in [-0.05, 0) is 23.3 Å². The molecule has 3 nitrogen and oxygen atoms in total. The lowest BCUT2D eigenvalue weighted by Gasteiger charge is -2.11. The average Bonchev–Trinajstić information content (AvgIpc) is 2.45. The number of ether oxygens (including phenoxy) is 1. The first kappa shape index (κ1) is 15.5. The zero-order valence-corrected chi connectivity index (χ0v) is 11.5. The predicted octanol–water partition coefficient (Wildman–Crippen LogP) is 2.65. The predicted molar refractivity (Wildman–Crippen MR) is 80.4 cm³/mol. The lowest BCUT2D eigenvalue weighted by atomic mass is 10.1. The van der Waals surface area contributed by atoms with E-state index in [1.807, 2.05) is 54.6 Å². The summed E-state index contributed by atoms with van der Waals surface area (Å²) in [6.45, 7) is 0.990. The Balaban J connectivity index is 0.00000180. The van der Waals surface area contributed by atoms with E-state index in [-0.39, 0.29) is 18.4 Å². The highest BCUT2D eigenvalue weighted by atomic mass is 35.5. The molecular weight excluding hydrogens is 260 g/mol. The summed E-state index contributed by atoms with van der Waals surface area (Å²) in [6.07, 6.45) is 0. The van der Waals surface area contributed by atoms with Gasteiger partial charge in [-0.15, -0.1) is 12.4 Å². The van der Waals surface area contributed by atoms with Crippen LogP contribution in [0.25, 0.3) is 0 Å². The highest BCUT2D eigenvalue weighted by molar-refractivity contribution is 5.85. The van der Waals surface area contributed by atoms with E-state index in [4.69, 9.17) is 16.2 Å². The number of hydrogen-bond acceptors (Lipinski definition) is 3. The zero-order chi connectivity index (χ0) is 12.8. The molecule has 2 rings (SSSR count). The van der Waals surface area contributed by atoms with Crippen LogP contribution in [0.15, 0.2) is 54.6 Å². The van der Waals surface area contributed by atoms with E-state index >= 15 is 0 Å². The van der Waals surface area contributed by atoms with E-state index in [0.717, 1.165) is 16.9 Å². The molecule has 102 valence electrons. The molecule has 4 heteroatoms. The van der Waals surface area contributed by atoms with Gasteiger partial charge in [0.1, 0.15) is 12.4 Å². The SMILES string of the molecule is Cl.NC[C@@H](N)c1cccc(OCc2ccccc2)c1. The number of hydrogen-bond donors (Lipinski definition) is 2. The van der Waals surface area contributed by atoms with Gasteiger partial charge in [0.2, 0.25) is 0 Å². The van der Waals surface area contributed by atoms with Gasteiger partial charge in [-0.2, -0.15) is 0 Å². The van der Waals surface area contributed by atoms with Crippen LogP contribution in [0.4, 0.5) is 0 Å². The molecule has 4 N–H and O–H groups in total. The van der Waals surface area contributed by atoms with Crippen LogP contribution in [0.3, 0.4) is 0 Å². The maximum Gasteiger partial charge on any atom is 0.120 e. The summed E-state index contributed by atoms with van der Waals surface area (Å²) in [7, 11) is 0. The van der Waals surface area contributed by atoms with Crippen molar-refractivity contribution in [3.8, 4) is 5.75 Å². The van der Waals surface area contributed by atoms with Gasteiger partial charge < -0.3 is 16.2 Å². The lowest BCUT2D eigenvalue weighted by molar-refractivity contribution is 0.305. The molecular formula is C15H19ClN2O. The summed E-state index contributed by atoms with van der Waals surface area (Å²) < 4.78 is 5.73. The van der Waals surface area contributed by atoms with Crippen molar-refractivity contribution >= 4 is 12.4 Å². The fourth-order valence-corrected chi connectivity index (χ4v) is 1.71. The summed E-state index contributed by atoms with van der Waals surface area (Å²) in [5.74, 6) is 0.820. The van der Waals surface area contributed by atoms with E-state index in [9.17, 15) is 0 Å². The Morgan fingerprint density at radius 1 is 1.00 bits per heavy atom. The molecule has 1 atom stereocenters. The van der Waals surface area contributed by atoms with Crippen molar-refractivity contribution in [2.24, 2.45) is 11.5 Å². The maximum absolute atomic E-state index is 5.89. The fraction of sp³-hybridized carbons (Fsp3) is 0.200. The third-order valence-corrected chi connectivity index (χ3v) is 2.79. The van der Waals surface area contributed by atoms with Crippen molar-refractivity contribution in [3.05, 3.63) is 65.7 Å². The van der Waals surface area contributed by atoms with Gasteiger partial charge in [0.05, 0.1) is 0 Å². The third kappa shape index (κ3) is 4.56. The normalized spacial score (nSPS) is 11.5. The minimum atomic E-state index is -0.134. The third-order valence-electron chi connectivity index (χ3n) is 2.79. The van der Waals surface area contributed by atoms with Crippen LogP contribution in [0, 0.1) is 0 Å². The van der Waals surface area contributed by atoms with Gasteiger partial charge >= 0.3 is 0 Å². The van der Waals surface area contributed by atoms with Crippen molar-refractivity contribution in [2.75, 3.05) is 6.54 Å². The van der Waals surface area contributed by atoms with Gasteiger partial charge in [0.15, 0.2) is 0 Å². The molecule has 2 aromatic carbocycles. The van der Waals surface area contributed by atoms with Crippen LogP contribution in [0.5, 0.6) is 5.75 Å². The van der Waals surface area contributed by atoms with Crippen LogP contribution in [-0.4, -0.2) is 6.54 Å². The number of nitrogens with two attached hydrogens (primary N) is 2. The summed E-state index contributed by atoms with van der Waals surface area (Å²) >= 11 is 0. The van der Waals surface area contributed by atoms with Gasteiger partial charge in [-0.1, -0.05) is 42.5 Å². The molecule has 0 aliphatic carbocycles. The second kappa shape index (κ2) is 7.79. The smallest absolute Gasteiger partial charge is 0.120 e. The Bertz CT molecular complexity index is 491. The summed E-state index contributed by atoms with van der Waals surface area (Å²) in [5.41, 5.74) is 13.6. The fourth-order valence-electron chi connectivity index (χ4n) is 1.71. The molecule has 0 radical (unpaired) electrons. The first-order valence-electron chi connectivity index (χ1n) is 6.02. The molecule has 0 aliphatic heterocycles. The van der Waals surface area contributed by atoms with Crippen molar-refractivity contribution in [1.29, 1.82) is 0 Å². The number of halogens is 1. The summed E-state index contributed by atoms with van der Waals surface area (Å²) in [4.78, 5) is 0. The topological polar surface area (TPSA) is 61.3 Å². The van der Waals surface area contributed by atoms with Gasteiger partial charge in [-0.25, -0.2) is 0 Å². The minimum Gasteiger partial charge on any atom is -0.489 e. The molecule has 19 heavy (non-hydrogen) atoms. The van der Waals surface area contributed by atoms with Crippen LogP contribution < -0.4 is 16.2 Å². The molecule has 0 saturated heterocycles. The summed E-state index contributed by atoms with van der Waals surface area (Å²) in [5, 5.41) is 0. The van der Waals surface area contributed by atoms with Crippen LogP contribution >= 0.6 is 12.4 Å². The highest BCUT2D eigenvalue weighted by Gasteiger charge is 2.04. The lowest BCUT2D eigenvalue weighted by Crippen LogP contribution is -2.20. The van der Waals surface area contributed by atoms with E-state index in [1.165, 1.54) is 0 Å². The Labute approximate surface area is 120 Å². The molecule has 0 amide bonds. The van der Waals surface area contributed by atoms with Crippen molar-refractivity contribution in [2.45, 2.75) is 12.6 Å². The first-order chi connectivity index (χ1) is 8.79. The summed E-state index contributed by atoms with van der Waals surface area (Å²) in [6, 6.07) is 17.7. The Morgan fingerprint density at radius 2 is 1.74 bits per heavy atom. The van der Waals surface area contributed by atoms with Gasteiger partial charge in [0.25, 0.3) is 0 Å². The molecule has 2 aromatic rings. The highest BCUT2D eigenvalue weighted by Crippen LogP contribution is 2.18. The molecule has 0 saturated carbocycles. The average molecular weight is 279 g/mol. The van der Waals surface area contributed by atoms with Crippen LogP contribution in [0.1, 0.15) is 17.2 Å². The van der Waals surface area contributed by atoms with E-state index in [1.54, 1.807) is 0 Å². The second-order valence-electron chi connectivity index (χ2n) is 4.19. The van der Waals surface area contributed by atoms with E-state index in [2.05, 4.69) is 0 Å². The van der Waals surface area contributed by atoms with Gasteiger partial charge in [0, 0.05) is 12.6 Å². The molecule has 0 aromatic heterocycles. The maximum atomic E-state index is 5.89. The first-order valence-corrected chi connectivity index (χ1v) is 6.02. The quantitative estimate of drug-likeness (QED) is 0.884. The standard InChI is InChI=1S/C15H18N2O.ClH/c16-10-15(17)13-7-4-8-14(9-13)18-11-12-5-2-1-3-6-12;/h1-9,15H,10-11,16-17H2;1H/t15-;/m1./s1. The van der Waals surface area contributed by atoms with Crippen molar-refractivity contribution in [1.82, 2.24) is 0 Å². The second-order valence-corrected chi connectivity index (χ2v) is 4.19. The molecule has 0 aliphatic rings. The number of rotatable bonds is 5. The Hall–Kier alpha value is -1.55. The minimum absolute atomic E-state index is 0. The largest absolute Gasteiger partial charge is 0.489 e. The van der Waals surface area contributed by atoms with Crippen molar-refractivity contribution in [3.63, 3.8) is 0 Å². The van der Waals surface area contributed by atoms with Gasteiger partial charge in [-0.3, -0.25) is 0 Å². The van der Waals surface area contributed by atoms with E-state index in [0.29, 0.717) is 13.2 Å². The van der Waals surface area contributed by atoms with Crippen LogP contribution in [0.2, 0.25) is 0 Å². The molecule has 0 fully saturated rings. The molecule has 0 spiro atoms. The molecule has 0 heterocycles. The van der Waals surface area contributed by atoms with Crippen LogP contribution in [-0.2, 0) is 6.61 Å². The Kier molecular flexibility index (Phi) is 6.36. The van der Waals surface area contributed by atoms with Crippen molar-refractivity contribution < 1.29 is 4.74 Å². The molecule has 0 unspecified atom stereocenters.